The van der Waals surface area contributed by atoms with Crippen molar-refractivity contribution < 1.29 is 14.7 Å². The minimum absolute atomic E-state index is 0.135. The average Bonchev–Trinajstić information content (AvgIpc) is 2.39. The highest BCUT2D eigenvalue weighted by molar-refractivity contribution is 6.02. The number of carboxylic acids is 1. The highest BCUT2D eigenvalue weighted by Crippen LogP contribution is 2.14. The van der Waals surface area contributed by atoms with Gasteiger partial charge in [-0.2, -0.15) is 0 Å². The fourth-order valence-electron chi connectivity index (χ4n) is 2.07. The van der Waals surface area contributed by atoms with Crippen LogP contribution in [0, 0.1) is 13.8 Å². The number of carboxylic acid groups (broad SMARTS) is 1. The smallest absolute Gasteiger partial charge is 0.305 e. The van der Waals surface area contributed by atoms with Crippen LogP contribution in [0.15, 0.2) is 18.2 Å². The van der Waals surface area contributed by atoms with Gasteiger partial charge >= 0.3 is 5.97 Å². The van der Waals surface area contributed by atoms with Crippen LogP contribution < -0.4 is 5.32 Å². The maximum absolute atomic E-state index is 12.5. The first-order chi connectivity index (χ1) is 9.45. The topological polar surface area (TPSA) is 66.4 Å². The molecule has 0 radical (unpaired) electrons. The zero-order valence-corrected chi connectivity index (χ0v) is 12.4. The van der Waals surface area contributed by atoms with E-state index in [4.69, 9.17) is 5.11 Å². The Bertz CT molecular complexity index is 483. The molecule has 1 unspecified atom stereocenters. The van der Waals surface area contributed by atoms with E-state index in [-0.39, 0.29) is 12.2 Å². The van der Waals surface area contributed by atoms with Gasteiger partial charge in [-0.15, -0.1) is 0 Å². The monoisotopic (exact) mass is 277 g/mol. The van der Waals surface area contributed by atoms with Gasteiger partial charge in [-0.1, -0.05) is 31.0 Å². The van der Waals surface area contributed by atoms with E-state index in [0.29, 0.717) is 12.1 Å². The largest absolute Gasteiger partial charge is 0.481 e. The molecule has 0 heterocycles. The molecule has 0 saturated carbocycles. The molecular weight excluding hydrogens is 254 g/mol. The van der Waals surface area contributed by atoms with E-state index < -0.39 is 12.0 Å². The van der Waals surface area contributed by atoms with Crippen LogP contribution >= 0.6 is 0 Å². The van der Waals surface area contributed by atoms with Gasteiger partial charge in [0.1, 0.15) is 0 Å². The molecule has 0 aliphatic heterocycles. The second-order valence-electron chi connectivity index (χ2n) is 5.14. The van der Waals surface area contributed by atoms with Crippen molar-refractivity contribution in [2.24, 2.45) is 0 Å². The van der Waals surface area contributed by atoms with E-state index >= 15 is 0 Å². The fraction of sp³-hybridized carbons (Fsp3) is 0.500. The summed E-state index contributed by atoms with van der Waals surface area (Å²) in [5.41, 5.74) is 2.50. The standard InChI is InChI=1S/C16H23NO3/c1-4-5-8-17-14(10-15(18)19)16(20)13-9-11(2)6-7-12(13)3/h6-7,9,14,17H,4-5,8,10H2,1-3H3,(H,18,19). The number of carbonyl (C=O) groups is 2. The average molecular weight is 277 g/mol. The number of hydrogen-bond donors (Lipinski definition) is 2. The van der Waals surface area contributed by atoms with E-state index in [9.17, 15) is 9.59 Å². The van der Waals surface area contributed by atoms with Gasteiger partial charge in [0, 0.05) is 5.56 Å². The Hall–Kier alpha value is -1.68. The maximum atomic E-state index is 12.5. The number of ketones is 1. The zero-order chi connectivity index (χ0) is 15.1. The Morgan fingerprint density at radius 2 is 2.00 bits per heavy atom. The highest BCUT2D eigenvalue weighted by Gasteiger charge is 2.23. The van der Waals surface area contributed by atoms with E-state index in [2.05, 4.69) is 12.2 Å². The van der Waals surface area contributed by atoms with Crippen molar-refractivity contribution in [3.63, 3.8) is 0 Å². The molecule has 1 atom stereocenters. The summed E-state index contributed by atoms with van der Waals surface area (Å²) in [5.74, 6) is -1.10. The number of aliphatic carboxylic acids is 1. The van der Waals surface area contributed by atoms with Crippen LogP contribution in [-0.2, 0) is 4.79 Å². The minimum atomic E-state index is -0.961. The molecule has 0 aliphatic carbocycles. The van der Waals surface area contributed by atoms with Crippen LogP contribution in [0.5, 0.6) is 0 Å². The van der Waals surface area contributed by atoms with Gasteiger partial charge < -0.3 is 10.4 Å². The molecule has 1 aromatic rings. The van der Waals surface area contributed by atoms with E-state index in [1.807, 2.05) is 32.0 Å². The molecular formula is C16H23NO3. The third kappa shape index (κ3) is 4.78. The molecule has 0 spiro atoms. The van der Waals surface area contributed by atoms with Crippen LogP contribution in [0.25, 0.3) is 0 Å². The predicted molar refractivity (Wildman–Crippen MR) is 79.2 cm³/mol. The lowest BCUT2D eigenvalue weighted by Crippen LogP contribution is -2.39. The lowest BCUT2D eigenvalue weighted by atomic mass is 9.96. The number of hydrogen-bond acceptors (Lipinski definition) is 3. The first kappa shape index (κ1) is 16.4. The molecule has 0 bridgehead atoms. The Kier molecular flexibility index (Phi) is 6.39. The first-order valence-electron chi connectivity index (χ1n) is 7.02. The third-order valence-electron chi connectivity index (χ3n) is 3.27. The van der Waals surface area contributed by atoms with Gasteiger partial charge in [0.05, 0.1) is 12.5 Å². The van der Waals surface area contributed by atoms with E-state index in [1.54, 1.807) is 0 Å². The molecule has 110 valence electrons. The quantitative estimate of drug-likeness (QED) is 0.566. The Labute approximate surface area is 120 Å². The summed E-state index contributed by atoms with van der Waals surface area (Å²) >= 11 is 0. The van der Waals surface area contributed by atoms with E-state index in [1.165, 1.54) is 0 Å². The molecule has 0 amide bonds. The summed E-state index contributed by atoms with van der Waals surface area (Å²) in [4.78, 5) is 23.5. The second kappa shape index (κ2) is 7.80. The molecule has 4 nitrogen and oxygen atoms in total. The van der Waals surface area contributed by atoms with Crippen LogP contribution in [0.1, 0.15) is 47.7 Å². The van der Waals surface area contributed by atoms with Gasteiger partial charge in [0.25, 0.3) is 0 Å². The summed E-state index contributed by atoms with van der Waals surface area (Å²) in [6.45, 7) is 6.51. The number of Topliss-reactive ketones (excluding diaryl/α,β-unsaturated/α-hetero) is 1. The molecule has 1 aromatic carbocycles. The van der Waals surface area contributed by atoms with Gasteiger partial charge in [-0.25, -0.2) is 0 Å². The van der Waals surface area contributed by atoms with Crippen molar-refractivity contribution in [3.8, 4) is 0 Å². The SMILES string of the molecule is CCCCNC(CC(=O)O)C(=O)c1cc(C)ccc1C. The van der Waals surface area contributed by atoms with Gasteiger partial charge in [0.2, 0.25) is 0 Å². The lowest BCUT2D eigenvalue weighted by molar-refractivity contribution is -0.137. The molecule has 2 N–H and O–H groups in total. The minimum Gasteiger partial charge on any atom is -0.481 e. The molecule has 1 rings (SSSR count). The molecule has 0 fully saturated rings. The molecule has 0 aliphatic rings. The normalized spacial score (nSPS) is 12.2. The summed E-state index contributed by atoms with van der Waals surface area (Å²) in [6.07, 6.45) is 1.75. The van der Waals surface area contributed by atoms with Crippen LogP contribution in [-0.4, -0.2) is 29.4 Å². The van der Waals surface area contributed by atoms with Gasteiger partial charge in [0.15, 0.2) is 5.78 Å². The van der Waals surface area contributed by atoms with Crippen molar-refractivity contribution in [2.45, 2.75) is 46.1 Å². The summed E-state index contributed by atoms with van der Waals surface area (Å²) in [6, 6.07) is 5.02. The van der Waals surface area contributed by atoms with E-state index in [0.717, 1.165) is 24.0 Å². The number of nitrogens with one attached hydrogen (secondary N) is 1. The van der Waals surface area contributed by atoms with Crippen molar-refractivity contribution in [1.29, 1.82) is 0 Å². The second-order valence-corrected chi connectivity index (χ2v) is 5.14. The number of rotatable bonds is 8. The fourth-order valence-corrected chi connectivity index (χ4v) is 2.07. The van der Waals surface area contributed by atoms with Crippen molar-refractivity contribution in [1.82, 2.24) is 5.32 Å². The lowest BCUT2D eigenvalue weighted by Gasteiger charge is -2.17. The van der Waals surface area contributed by atoms with Crippen LogP contribution in [0.2, 0.25) is 0 Å². The summed E-state index contributed by atoms with van der Waals surface area (Å²) in [7, 11) is 0. The Balaban J connectivity index is 2.90. The molecule has 20 heavy (non-hydrogen) atoms. The van der Waals surface area contributed by atoms with Crippen molar-refractivity contribution in [2.75, 3.05) is 6.54 Å². The van der Waals surface area contributed by atoms with Crippen molar-refractivity contribution in [3.05, 3.63) is 34.9 Å². The number of benzene rings is 1. The van der Waals surface area contributed by atoms with Gasteiger partial charge in [-0.05, 0) is 38.4 Å². The molecule has 4 heteroatoms. The zero-order valence-electron chi connectivity index (χ0n) is 12.4. The Morgan fingerprint density at radius 3 is 2.60 bits per heavy atom. The predicted octanol–water partition coefficient (Wildman–Crippen LogP) is 2.72. The summed E-state index contributed by atoms with van der Waals surface area (Å²) < 4.78 is 0. The number of aryl methyl sites for hydroxylation is 2. The maximum Gasteiger partial charge on any atom is 0.305 e. The van der Waals surface area contributed by atoms with Crippen molar-refractivity contribution >= 4 is 11.8 Å². The Morgan fingerprint density at radius 1 is 1.30 bits per heavy atom. The highest BCUT2D eigenvalue weighted by atomic mass is 16.4. The number of carbonyl (C=O) groups excluding carboxylic acids is 1. The third-order valence-corrected chi connectivity index (χ3v) is 3.27. The van der Waals surface area contributed by atoms with Gasteiger partial charge in [-0.3, -0.25) is 9.59 Å². The van der Waals surface area contributed by atoms with Crippen LogP contribution in [0.3, 0.4) is 0 Å². The number of unbranched alkanes of at least 4 members (excludes halogenated alkanes) is 1. The summed E-state index contributed by atoms with van der Waals surface area (Å²) in [5, 5.41) is 12.0. The van der Waals surface area contributed by atoms with Crippen LogP contribution in [0.4, 0.5) is 0 Å². The molecule has 0 saturated heterocycles. The first-order valence-corrected chi connectivity index (χ1v) is 7.02. The molecule has 0 aromatic heterocycles.